The van der Waals surface area contributed by atoms with Crippen molar-refractivity contribution in [1.82, 2.24) is 4.98 Å². The Morgan fingerprint density at radius 2 is 2.33 bits per heavy atom. The third kappa shape index (κ3) is 2.96. The molecular formula is C11H13NO2S. The van der Waals surface area contributed by atoms with Crippen LogP contribution in [-0.2, 0) is 4.79 Å². The zero-order chi connectivity index (χ0) is 10.7. The molecule has 1 N–H and O–H groups in total. The normalized spacial score (nSPS) is 17.3. The average molecular weight is 223 g/mol. The van der Waals surface area contributed by atoms with Gasteiger partial charge in [-0.15, -0.1) is 11.8 Å². The lowest BCUT2D eigenvalue weighted by molar-refractivity contribution is -0.138. The summed E-state index contributed by atoms with van der Waals surface area (Å²) < 4.78 is 0. The summed E-state index contributed by atoms with van der Waals surface area (Å²) in [6.45, 7) is 0. The van der Waals surface area contributed by atoms with E-state index in [1.165, 1.54) is 0 Å². The SMILES string of the molecule is O=C(O)CC1(CSc2ccccn2)CC1. The number of carbonyl (C=O) groups is 1. The van der Waals surface area contributed by atoms with Gasteiger partial charge in [0, 0.05) is 11.9 Å². The van der Waals surface area contributed by atoms with E-state index in [-0.39, 0.29) is 5.41 Å². The van der Waals surface area contributed by atoms with Crippen molar-refractivity contribution in [1.29, 1.82) is 0 Å². The maximum absolute atomic E-state index is 10.6. The number of aliphatic carboxylic acids is 1. The molecular weight excluding hydrogens is 210 g/mol. The second-order valence-electron chi connectivity index (χ2n) is 4.03. The predicted molar refractivity (Wildman–Crippen MR) is 58.9 cm³/mol. The minimum absolute atomic E-state index is 0.0496. The Kier molecular flexibility index (Phi) is 2.95. The number of hydrogen-bond acceptors (Lipinski definition) is 3. The van der Waals surface area contributed by atoms with E-state index < -0.39 is 5.97 Å². The van der Waals surface area contributed by atoms with Crippen LogP contribution in [0.3, 0.4) is 0 Å². The highest BCUT2D eigenvalue weighted by Crippen LogP contribution is 2.51. The number of aromatic nitrogens is 1. The first-order valence-corrected chi connectivity index (χ1v) is 5.94. The zero-order valence-electron chi connectivity index (χ0n) is 8.35. The van der Waals surface area contributed by atoms with Gasteiger partial charge in [0.25, 0.3) is 0 Å². The molecule has 1 aromatic rings. The molecule has 1 saturated carbocycles. The summed E-state index contributed by atoms with van der Waals surface area (Å²) >= 11 is 1.66. The Morgan fingerprint density at radius 3 is 2.87 bits per heavy atom. The molecule has 0 aromatic carbocycles. The molecule has 1 aromatic heterocycles. The minimum Gasteiger partial charge on any atom is -0.481 e. The number of rotatable bonds is 5. The Labute approximate surface area is 92.9 Å². The van der Waals surface area contributed by atoms with Crippen molar-refractivity contribution in [2.45, 2.75) is 24.3 Å². The largest absolute Gasteiger partial charge is 0.481 e. The third-order valence-electron chi connectivity index (χ3n) is 2.65. The van der Waals surface area contributed by atoms with Crippen molar-refractivity contribution in [3.05, 3.63) is 24.4 Å². The van der Waals surface area contributed by atoms with Crippen molar-refractivity contribution >= 4 is 17.7 Å². The van der Waals surface area contributed by atoms with Gasteiger partial charge in [0.2, 0.25) is 0 Å². The van der Waals surface area contributed by atoms with E-state index >= 15 is 0 Å². The monoisotopic (exact) mass is 223 g/mol. The van der Waals surface area contributed by atoms with Gasteiger partial charge in [-0.05, 0) is 30.4 Å². The van der Waals surface area contributed by atoms with Gasteiger partial charge < -0.3 is 5.11 Å². The molecule has 1 aliphatic rings. The summed E-state index contributed by atoms with van der Waals surface area (Å²) in [5, 5.41) is 9.74. The maximum Gasteiger partial charge on any atom is 0.303 e. The van der Waals surface area contributed by atoms with E-state index in [2.05, 4.69) is 4.98 Å². The van der Waals surface area contributed by atoms with Crippen molar-refractivity contribution in [3.63, 3.8) is 0 Å². The van der Waals surface area contributed by atoms with Gasteiger partial charge in [0.1, 0.15) is 0 Å². The van der Waals surface area contributed by atoms with E-state index in [0.717, 1.165) is 23.6 Å². The van der Waals surface area contributed by atoms with Crippen LogP contribution in [0.25, 0.3) is 0 Å². The second-order valence-corrected chi connectivity index (χ2v) is 5.02. The topological polar surface area (TPSA) is 50.2 Å². The fourth-order valence-electron chi connectivity index (χ4n) is 1.53. The number of carboxylic acids is 1. The van der Waals surface area contributed by atoms with E-state index in [0.29, 0.717) is 6.42 Å². The molecule has 4 heteroatoms. The summed E-state index contributed by atoms with van der Waals surface area (Å²) in [6, 6.07) is 5.79. The standard InChI is InChI=1S/C11H13NO2S/c13-10(14)7-11(4-5-11)8-15-9-3-1-2-6-12-9/h1-3,6H,4-5,7-8H2,(H,13,14). The number of pyridine rings is 1. The number of hydrogen-bond donors (Lipinski definition) is 1. The van der Waals surface area contributed by atoms with E-state index in [1.807, 2.05) is 18.2 Å². The Morgan fingerprint density at radius 1 is 1.53 bits per heavy atom. The molecule has 0 aliphatic heterocycles. The maximum atomic E-state index is 10.6. The molecule has 3 nitrogen and oxygen atoms in total. The zero-order valence-corrected chi connectivity index (χ0v) is 9.17. The molecule has 0 spiro atoms. The first kappa shape index (κ1) is 10.5. The highest BCUT2D eigenvalue weighted by Gasteiger charge is 2.44. The minimum atomic E-state index is -0.686. The Hall–Kier alpha value is -1.03. The lowest BCUT2D eigenvalue weighted by Crippen LogP contribution is -2.10. The van der Waals surface area contributed by atoms with E-state index in [1.54, 1.807) is 18.0 Å². The van der Waals surface area contributed by atoms with Gasteiger partial charge in [-0.1, -0.05) is 6.07 Å². The summed E-state index contributed by atoms with van der Waals surface area (Å²) in [5.74, 6) is 0.185. The molecule has 1 fully saturated rings. The summed E-state index contributed by atoms with van der Waals surface area (Å²) in [6.07, 6.45) is 4.14. The van der Waals surface area contributed by atoms with Gasteiger partial charge in [-0.3, -0.25) is 4.79 Å². The summed E-state index contributed by atoms with van der Waals surface area (Å²) in [7, 11) is 0. The third-order valence-corrected chi connectivity index (χ3v) is 3.94. The Bertz CT molecular complexity index is 349. The average Bonchev–Trinajstić information content (AvgIpc) is 2.96. The molecule has 1 aliphatic carbocycles. The van der Waals surface area contributed by atoms with Crippen molar-refractivity contribution in [2.24, 2.45) is 5.41 Å². The molecule has 0 atom stereocenters. The number of nitrogens with zero attached hydrogens (tertiary/aromatic N) is 1. The van der Waals surface area contributed by atoms with E-state index in [9.17, 15) is 4.79 Å². The summed E-state index contributed by atoms with van der Waals surface area (Å²) in [5.41, 5.74) is 0.0496. The fourth-order valence-corrected chi connectivity index (χ4v) is 2.68. The van der Waals surface area contributed by atoms with Crippen LogP contribution < -0.4 is 0 Å². The highest BCUT2D eigenvalue weighted by molar-refractivity contribution is 7.99. The first-order chi connectivity index (χ1) is 7.20. The second kappa shape index (κ2) is 4.23. The molecule has 1 heterocycles. The number of carboxylic acid groups (broad SMARTS) is 1. The van der Waals surface area contributed by atoms with E-state index in [4.69, 9.17) is 5.11 Å². The predicted octanol–water partition coefficient (Wildman–Crippen LogP) is 2.43. The highest BCUT2D eigenvalue weighted by atomic mass is 32.2. The molecule has 0 bridgehead atoms. The van der Waals surface area contributed by atoms with Gasteiger partial charge >= 0.3 is 5.97 Å². The molecule has 0 unspecified atom stereocenters. The van der Waals surface area contributed by atoms with Crippen LogP contribution in [0.15, 0.2) is 29.4 Å². The lowest BCUT2D eigenvalue weighted by atomic mass is 10.1. The van der Waals surface area contributed by atoms with Crippen LogP contribution in [-0.4, -0.2) is 21.8 Å². The summed E-state index contributed by atoms with van der Waals surface area (Å²) in [4.78, 5) is 14.8. The van der Waals surface area contributed by atoms with Crippen LogP contribution >= 0.6 is 11.8 Å². The van der Waals surface area contributed by atoms with Crippen LogP contribution in [0.2, 0.25) is 0 Å². The smallest absolute Gasteiger partial charge is 0.303 e. The van der Waals surface area contributed by atoms with Gasteiger partial charge in [0.15, 0.2) is 0 Å². The van der Waals surface area contributed by atoms with Crippen molar-refractivity contribution in [3.8, 4) is 0 Å². The van der Waals surface area contributed by atoms with Gasteiger partial charge in [-0.2, -0.15) is 0 Å². The molecule has 2 rings (SSSR count). The Balaban J connectivity index is 1.86. The van der Waals surface area contributed by atoms with Crippen molar-refractivity contribution < 1.29 is 9.90 Å². The van der Waals surface area contributed by atoms with Crippen LogP contribution in [0, 0.1) is 5.41 Å². The molecule has 0 saturated heterocycles. The first-order valence-electron chi connectivity index (χ1n) is 4.96. The fraction of sp³-hybridized carbons (Fsp3) is 0.455. The van der Waals surface area contributed by atoms with Gasteiger partial charge in [0.05, 0.1) is 11.4 Å². The molecule has 80 valence electrons. The van der Waals surface area contributed by atoms with Crippen LogP contribution in [0.5, 0.6) is 0 Å². The molecule has 15 heavy (non-hydrogen) atoms. The van der Waals surface area contributed by atoms with Crippen LogP contribution in [0.1, 0.15) is 19.3 Å². The number of thioether (sulfide) groups is 1. The van der Waals surface area contributed by atoms with Crippen molar-refractivity contribution in [2.75, 3.05) is 5.75 Å². The van der Waals surface area contributed by atoms with Crippen LogP contribution in [0.4, 0.5) is 0 Å². The molecule has 0 amide bonds. The van der Waals surface area contributed by atoms with Gasteiger partial charge in [-0.25, -0.2) is 4.98 Å². The molecule has 0 radical (unpaired) electrons. The lowest BCUT2D eigenvalue weighted by Gasteiger charge is -2.10. The quantitative estimate of drug-likeness (QED) is 0.779.